The van der Waals surface area contributed by atoms with Gasteiger partial charge in [-0.05, 0) is 33.6 Å². The Morgan fingerprint density at radius 3 is 2.14 bits per heavy atom. The van der Waals surface area contributed by atoms with E-state index < -0.39 is 0 Å². The van der Waals surface area contributed by atoms with Crippen LogP contribution in [0.1, 0.15) is 47.5 Å². The normalized spacial score (nSPS) is 19.8. The van der Waals surface area contributed by atoms with Gasteiger partial charge in [-0.2, -0.15) is 0 Å². The Morgan fingerprint density at radius 2 is 1.71 bits per heavy atom. The molecule has 5 nitrogen and oxygen atoms in total. The first kappa shape index (κ1) is 18.4. The highest BCUT2D eigenvalue weighted by molar-refractivity contribution is 5.81. The van der Waals surface area contributed by atoms with Gasteiger partial charge in [-0.15, -0.1) is 0 Å². The number of amides is 1. The molecule has 1 atom stereocenters. The van der Waals surface area contributed by atoms with E-state index in [1.54, 1.807) is 0 Å². The predicted octanol–water partition coefficient (Wildman–Crippen LogP) is 1.03. The molecule has 0 bridgehead atoms. The van der Waals surface area contributed by atoms with Crippen molar-refractivity contribution in [2.45, 2.75) is 65.1 Å². The topological polar surface area (TPSA) is 61.6 Å². The van der Waals surface area contributed by atoms with Gasteiger partial charge in [0.1, 0.15) is 0 Å². The second kappa shape index (κ2) is 8.11. The third kappa shape index (κ3) is 4.94. The van der Waals surface area contributed by atoms with Crippen molar-refractivity contribution in [2.75, 3.05) is 32.7 Å². The Balaban J connectivity index is 2.48. The van der Waals surface area contributed by atoms with Gasteiger partial charge < -0.3 is 11.1 Å². The number of rotatable bonds is 7. The number of nitrogens with one attached hydrogen (secondary N) is 1. The van der Waals surface area contributed by atoms with Crippen LogP contribution in [0.25, 0.3) is 0 Å². The lowest BCUT2D eigenvalue weighted by Gasteiger charge is -2.44. The molecule has 1 amide bonds. The van der Waals surface area contributed by atoms with Crippen molar-refractivity contribution in [3.8, 4) is 0 Å². The summed E-state index contributed by atoms with van der Waals surface area (Å²) in [7, 11) is 0. The average Bonchev–Trinajstić information content (AvgIpc) is 2.51. The maximum absolute atomic E-state index is 12.3. The predicted molar refractivity (Wildman–Crippen MR) is 88.3 cm³/mol. The maximum atomic E-state index is 12.3. The summed E-state index contributed by atoms with van der Waals surface area (Å²) in [5.74, 6) is 0.162. The van der Waals surface area contributed by atoms with Crippen molar-refractivity contribution in [3.05, 3.63) is 0 Å². The van der Waals surface area contributed by atoms with Crippen LogP contribution in [0.4, 0.5) is 0 Å². The summed E-state index contributed by atoms with van der Waals surface area (Å²) < 4.78 is 0. The average molecular weight is 298 g/mol. The number of hydrogen-bond acceptors (Lipinski definition) is 4. The summed E-state index contributed by atoms with van der Waals surface area (Å²) in [4.78, 5) is 17.0. The van der Waals surface area contributed by atoms with Crippen LogP contribution in [0, 0.1) is 0 Å². The van der Waals surface area contributed by atoms with Gasteiger partial charge in [0.2, 0.25) is 5.91 Å². The zero-order chi connectivity index (χ0) is 16.0. The summed E-state index contributed by atoms with van der Waals surface area (Å²) in [6.07, 6.45) is 1.99. The van der Waals surface area contributed by atoms with E-state index in [1.165, 1.54) is 0 Å². The zero-order valence-corrected chi connectivity index (χ0v) is 14.5. The number of carbonyl (C=O) groups is 1. The highest BCUT2D eigenvalue weighted by Gasteiger charge is 2.31. The minimum absolute atomic E-state index is 0.0475. The van der Waals surface area contributed by atoms with Gasteiger partial charge in [0.25, 0.3) is 0 Å². The van der Waals surface area contributed by atoms with Crippen LogP contribution < -0.4 is 11.1 Å². The van der Waals surface area contributed by atoms with Crippen molar-refractivity contribution in [1.29, 1.82) is 0 Å². The molecule has 1 fully saturated rings. The van der Waals surface area contributed by atoms with Gasteiger partial charge in [-0.25, -0.2) is 0 Å². The van der Waals surface area contributed by atoms with Crippen LogP contribution >= 0.6 is 0 Å². The van der Waals surface area contributed by atoms with Crippen LogP contribution in [0.5, 0.6) is 0 Å². The first-order valence-electron chi connectivity index (χ1n) is 8.35. The first-order chi connectivity index (χ1) is 9.85. The third-order valence-electron chi connectivity index (χ3n) is 4.93. The summed E-state index contributed by atoms with van der Waals surface area (Å²) in [6.45, 7) is 15.1. The quantitative estimate of drug-likeness (QED) is 0.737. The lowest BCUT2D eigenvalue weighted by Crippen LogP contribution is -2.60. The molecule has 1 aliphatic rings. The Kier molecular flexibility index (Phi) is 7.10. The van der Waals surface area contributed by atoms with E-state index >= 15 is 0 Å². The SMILES string of the molecule is CCC(CC)NC(=O)C(C)N1CCN(C(C)(C)CN)CC1. The van der Waals surface area contributed by atoms with Crippen LogP contribution in [-0.2, 0) is 4.79 Å². The van der Waals surface area contributed by atoms with Crippen LogP contribution in [0.15, 0.2) is 0 Å². The van der Waals surface area contributed by atoms with Crippen molar-refractivity contribution >= 4 is 5.91 Å². The molecule has 0 aliphatic carbocycles. The molecule has 1 heterocycles. The van der Waals surface area contributed by atoms with Gasteiger partial charge in [-0.1, -0.05) is 13.8 Å². The molecular formula is C16H34N4O. The van der Waals surface area contributed by atoms with Crippen molar-refractivity contribution in [3.63, 3.8) is 0 Å². The molecule has 0 radical (unpaired) electrons. The lowest BCUT2D eigenvalue weighted by atomic mass is 10.0. The molecule has 1 aliphatic heterocycles. The largest absolute Gasteiger partial charge is 0.352 e. The second-order valence-electron chi connectivity index (χ2n) is 6.74. The van der Waals surface area contributed by atoms with Crippen molar-refractivity contribution in [2.24, 2.45) is 5.73 Å². The Morgan fingerprint density at radius 1 is 1.19 bits per heavy atom. The Bertz CT molecular complexity index is 320. The number of hydrogen-bond donors (Lipinski definition) is 2. The van der Waals surface area contributed by atoms with E-state index in [1.807, 2.05) is 6.92 Å². The lowest BCUT2D eigenvalue weighted by molar-refractivity contribution is -0.127. The number of carbonyl (C=O) groups excluding carboxylic acids is 1. The molecule has 1 saturated heterocycles. The first-order valence-corrected chi connectivity index (χ1v) is 8.35. The van der Waals surface area contributed by atoms with Gasteiger partial charge in [0, 0.05) is 44.3 Å². The van der Waals surface area contributed by atoms with Gasteiger partial charge in [-0.3, -0.25) is 14.6 Å². The monoisotopic (exact) mass is 298 g/mol. The van der Waals surface area contributed by atoms with Gasteiger partial charge in [0.15, 0.2) is 0 Å². The van der Waals surface area contributed by atoms with Gasteiger partial charge in [0.05, 0.1) is 6.04 Å². The molecule has 124 valence electrons. The minimum atomic E-state index is -0.0475. The van der Waals surface area contributed by atoms with E-state index in [-0.39, 0.29) is 17.5 Å². The number of nitrogens with two attached hydrogens (primary N) is 1. The summed E-state index contributed by atoms with van der Waals surface area (Å²) >= 11 is 0. The molecule has 0 saturated carbocycles. The van der Waals surface area contributed by atoms with E-state index in [0.717, 1.165) is 39.0 Å². The van der Waals surface area contributed by atoms with Crippen molar-refractivity contribution < 1.29 is 4.79 Å². The smallest absolute Gasteiger partial charge is 0.237 e. The Labute approximate surface area is 130 Å². The third-order valence-corrected chi connectivity index (χ3v) is 4.93. The van der Waals surface area contributed by atoms with Crippen LogP contribution in [0.2, 0.25) is 0 Å². The molecule has 5 heteroatoms. The summed E-state index contributed by atoms with van der Waals surface area (Å²) in [5.41, 5.74) is 5.89. The fourth-order valence-corrected chi connectivity index (χ4v) is 2.82. The molecule has 0 aromatic heterocycles. The zero-order valence-electron chi connectivity index (χ0n) is 14.5. The standard InChI is InChI=1S/C16H34N4O/c1-6-14(7-2)18-15(21)13(3)19-8-10-20(11-9-19)16(4,5)12-17/h13-14H,6-12,17H2,1-5H3,(H,18,21). The van der Waals surface area contributed by atoms with E-state index in [0.29, 0.717) is 12.6 Å². The molecule has 0 aromatic rings. The van der Waals surface area contributed by atoms with Crippen LogP contribution in [0.3, 0.4) is 0 Å². The molecule has 1 unspecified atom stereocenters. The molecule has 0 spiro atoms. The highest BCUT2D eigenvalue weighted by Crippen LogP contribution is 2.17. The fourth-order valence-electron chi connectivity index (χ4n) is 2.82. The number of nitrogens with zero attached hydrogens (tertiary/aromatic N) is 2. The van der Waals surface area contributed by atoms with Gasteiger partial charge >= 0.3 is 0 Å². The van der Waals surface area contributed by atoms with Crippen LogP contribution in [-0.4, -0.2) is 66.1 Å². The number of piperazine rings is 1. The Hall–Kier alpha value is -0.650. The van der Waals surface area contributed by atoms with E-state index in [9.17, 15) is 4.79 Å². The molecule has 0 aromatic carbocycles. The molecule has 3 N–H and O–H groups in total. The van der Waals surface area contributed by atoms with Crippen molar-refractivity contribution in [1.82, 2.24) is 15.1 Å². The summed E-state index contributed by atoms with van der Waals surface area (Å²) in [6, 6.07) is 0.256. The fraction of sp³-hybridized carbons (Fsp3) is 0.938. The molecular weight excluding hydrogens is 264 g/mol. The second-order valence-corrected chi connectivity index (χ2v) is 6.74. The van der Waals surface area contributed by atoms with E-state index in [2.05, 4.69) is 42.8 Å². The molecule has 21 heavy (non-hydrogen) atoms. The summed E-state index contributed by atoms with van der Waals surface area (Å²) in [5, 5.41) is 3.15. The van der Waals surface area contributed by atoms with E-state index in [4.69, 9.17) is 5.73 Å². The maximum Gasteiger partial charge on any atom is 0.237 e. The highest BCUT2D eigenvalue weighted by atomic mass is 16.2. The minimum Gasteiger partial charge on any atom is -0.352 e. The molecule has 1 rings (SSSR count).